The Bertz CT molecular complexity index is 625. The molecule has 3 rings (SSSR count). The molecule has 3 heteroatoms. The van der Waals surface area contributed by atoms with Crippen LogP contribution in [0.5, 0.6) is 0 Å². The molecule has 2 heterocycles. The average molecular weight is 240 g/mol. The number of aryl methyl sites for hydroxylation is 1. The van der Waals surface area contributed by atoms with Gasteiger partial charge in [-0.05, 0) is 23.6 Å². The van der Waals surface area contributed by atoms with E-state index >= 15 is 0 Å². The fourth-order valence-electron chi connectivity index (χ4n) is 1.87. The second-order valence-corrected chi connectivity index (χ2v) is 5.02. The molecule has 1 aromatic carbocycles. The topological polar surface area (TPSA) is 25.8 Å². The third-order valence-electron chi connectivity index (χ3n) is 2.82. The molecule has 0 saturated heterocycles. The van der Waals surface area contributed by atoms with Gasteiger partial charge in [-0.3, -0.25) is 0 Å². The molecule has 0 N–H and O–H groups in total. The van der Waals surface area contributed by atoms with Crippen molar-refractivity contribution >= 4 is 21.6 Å². The van der Waals surface area contributed by atoms with Gasteiger partial charge in [-0.1, -0.05) is 31.2 Å². The minimum Gasteiger partial charge on any atom is -0.243 e. The predicted molar refractivity (Wildman–Crippen MR) is 72.2 cm³/mol. The lowest BCUT2D eigenvalue weighted by molar-refractivity contribution is 1.14. The SMILES string of the molecule is CCc1cccc(-c2cc3ncncc3s2)c1. The Hall–Kier alpha value is -1.74. The van der Waals surface area contributed by atoms with Crippen molar-refractivity contribution in [3.63, 3.8) is 0 Å². The first-order valence-corrected chi connectivity index (χ1v) is 6.47. The normalized spacial score (nSPS) is 10.9. The van der Waals surface area contributed by atoms with E-state index in [1.54, 1.807) is 17.7 Å². The lowest BCUT2D eigenvalue weighted by Crippen LogP contribution is -1.79. The van der Waals surface area contributed by atoms with Gasteiger partial charge in [0.2, 0.25) is 0 Å². The van der Waals surface area contributed by atoms with Crippen molar-refractivity contribution in [2.24, 2.45) is 0 Å². The molecular weight excluding hydrogens is 228 g/mol. The van der Waals surface area contributed by atoms with Gasteiger partial charge in [0.05, 0.1) is 10.2 Å². The van der Waals surface area contributed by atoms with Gasteiger partial charge in [0, 0.05) is 11.1 Å². The van der Waals surface area contributed by atoms with Gasteiger partial charge in [-0.2, -0.15) is 0 Å². The van der Waals surface area contributed by atoms with E-state index in [1.165, 1.54) is 16.0 Å². The summed E-state index contributed by atoms with van der Waals surface area (Å²) in [4.78, 5) is 9.58. The van der Waals surface area contributed by atoms with Crippen LogP contribution in [0.3, 0.4) is 0 Å². The van der Waals surface area contributed by atoms with Crippen molar-refractivity contribution in [3.05, 3.63) is 48.4 Å². The molecule has 0 atom stereocenters. The van der Waals surface area contributed by atoms with Gasteiger partial charge < -0.3 is 0 Å². The van der Waals surface area contributed by atoms with Gasteiger partial charge in [0.15, 0.2) is 0 Å². The Labute approximate surface area is 104 Å². The minimum absolute atomic E-state index is 1.03. The van der Waals surface area contributed by atoms with Crippen LogP contribution < -0.4 is 0 Å². The zero-order chi connectivity index (χ0) is 11.7. The summed E-state index contributed by atoms with van der Waals surface area (Å²) in [6.45, 7) is 2.18. The Morgan fingerprint density at radius 3 is 3.00 bits per heavy atom. The van der Waals surface area contributed by atoms with Crippen LogP contribution in [-0.4, -0.2) is 9.97 Å². The smallest absolute Gasteiger partial charge is 0.116 e. The van der Waals surface area contributed by atoms with E-state index in [-0.39, 0.29) is 0 Å². The van der Waals surface area contributed by atoms with E-state index in [0.717, 1.165) is 16.6 Å². The molecule has 84 valence electrons. The standard InChI is InChI=1S/C14H12N2S/c1-2-10-4-3-5-11(6-10)13-7-12-14(17-13)8-15-9-16-12/h3-9H,2H2,1H3. The maximum Gasteiger partial charge on any atom is 0.116 e. The molecule has 0 bridgehead atoms. The van der Waals surface area contributed by atoms with E-state index in [4.69, 9.17) is 0 Å². The summed E-state index contributed by atoms with van der Waals surface area (Å²) >= 11 is 1.74. The summed E-state index contributed by atoms with van der Waals surface area (Å²) in [6.07, 6.45) is 4.54. The Balaban J connectivity index is 2.13. The van der Waals surface area contributed by atoms with Crippen LogP contribution in [0.1, 0.15) is 12.5 Å². The van der Waals surface area contributed by atoms with E-state index in [0.29, 0.717) is 0 Å². The number of aromatic nitrogens is 2. The van der Waals surface area contributed by atoms with Crippen LogP contribution in [-0.2, 0) is 6.42 Å². The predicted octanol–water partition coefficient (Wildman–Crippen LogP) is 3.92. The third-order valence-corrected chi connectivity index (χ3v) is 3.92. The van der Waals surface area contributed by atoms with Crippen molar-refractivity contribution in [1.29, 1.82) is 0 Å². The van der Waals surface area contributed by atoms with Gasteiger partial charge in [0.1, 0.15) is 6.33 Å². The number of rotatable bonds is 2. The van der Waals surface area contributed by atoms with Crippen LogP contribution >= 0.6 is 11.3 Å². The highest BCUT2D eigenvalue weighted by molar-refractivity contribution is 7.22. The quantitative estimate of drug-likeness (QED) is 0.678. The minimum atomic E-state index is 1.03. The van der Waals surface area contributed by atoms with Crippen LogP contribution in [0.2, 0.25) is 0 Å². The molecule has 0 spiro atoms. The largest absolute Gasteiger partial charge is 0.243 e. The van der Waals surface area contributed by atoms with E-state index < -0.39 is 0 Å². The summed E-state index contributed by atoms with van der Waals surface area (Å²) in [5, 5.41) is 0. The van der Waals surface area contributed by atoms with Crippen molar-refractivity contribution in [1.82, 2.24) is 9.97 Å². The second-order valence-electron chi connectivity index (χ2n) is 3.94. The summed E-state index contributed by atoms with van der Waals surface area (Å²) in [6, 6.07) is 10.8. The van der Waals surface area contributed by atoms with Crippen molar-refractivity contribution in [2.45, 2.75) is 13.3 Å². The van der Waals surface area contributed by atoms with E-state index in [1.807, 2.05) is 6.20 Å². The summed E-state index contributed by atoms with van der Waals surface area (Å²) in [5.41, 5.74) is 3.67. The van der Waals surface area contributed by atoms with Crippen LogP contribution in [0.15, 0.2) is 42.9 Å². The van der Waals surface area contributed by atoms with Crippen molar-refractivity contribution in [2.75, 3.05) is 0 Å². The summed E-state index contributed by atoms with van der Waals surface area (Å²) in [5.74, 6) is 0. The molecule has 2 aromatic heterocycles. The Kier molecular flexibility index (Phi) is 2.61. The zero-order valence-electron chi connectivity index (χ0n) is 9.55. The Morgan fingerprint density at radius 2 is 2.18 bits per heavy atom. The first kappa shape index (κ1) is 10.4. The van der Waals surface area contributed by atoms with Crippen LogP contribution in [0.4, 0.5) is 0 Å². The molecule has 0 aliphatic carbocycles. The second kappa shape index (κ2) is 4.26. The molecular formula is C14H12N2S. The average Bonchev–Trinajstić information content (AvgIpc) is 2.82. The Morgan fingerprint density at radius 1 is 1.24 bits per heavy atom. The molecule has 17 heavy (non-hydrogen) atoms. The molecule has 0 unspecified atom stereocenters. The maximum atomic E-state index is 4.27. The van der Waals surface area contributed by atoms with Gasteiger partial charge in [-0.25, -0.2) is 9.97 Å². The third kappa shape index (κ3) is 1.94. The molecule has 2 nitrogen and oxygen atoms in total. The van der Waals surface area contributed by atoms with Gasteiger partial charge in [0.25, 0.3) is 0 Å². The molecule has 0 aliphatic rings. The first-order chi connectivity index (χ1) is 8.36. The lowest BCUT2D eigenvalue weighted by Gasteiger charge is -2.00. The highest BCUT2D eigenvalue weighted by Crippen LogP contribution is 2.32. The van der Waals surface area contributed by atoms with Crippen LogP contribution in [0, 0.1) is 0 Å². The highest BCUT2D eigenvalue weighted by atomic mass is 32.1. The monoisotopic (exact) mass is 240 g/mol. The summed E-state index contributed by atoms with van der Waals surface area (Å²) < 4.78 is 1.14. The van der Waals surface area contributed by atoms with Crippen molar-refractivity contribution < 1.29 is 0 Å². The fourth-order valence-corrected chi connectivity index (χ4v) is 2.85. The number of hydrogen-bond acceptors (Lipinski definition) is 3. The molecule has 0 radical (unpaired) electrons. The highest BCUT2D eigenvalue weighted by Gasteiger charge is 2.05. The molecule has 0 amide bonds. The molecule has 0 fully saturated rings. The summed E-state index contributed by atoms with van der Waals surface area (Å²) in [7, 11) is 0. The zero-order valence-corrected chi connectivity index (χ0v) is 10.4. The van der Waals surface area contributed by atoms with E-state index in [2.05, 4.69) is 47.2 Å². The van der Waals surface area contributed by atoms with Gasteiger partial charge >= 0.3 is 0 Å². The lowest BCUT2D eigenvalue weighted by atomic mass is 10.1. The number of benzene rings is 1. The van der Waals surface area contributed by atoms with Gasteiger partial charge in [-0.15, -0.1) is 11.3 Å². The van der Waals surface area contributed by atoms with E-state index in [9.17, 15) is 0 Å². The molecule has 0 aliphatic heterocycles. The van der Waals surface area contributed by atoms with Crippen molar-refractivity contribution in [3.8, 4) is 10.4 Å². The number of thiophene rings is 1. The molecule has 3 aromatic rings. The molecule has 0 saturated carbocycles. The first-order valence-electron chi connectivity index (χ1n) is 5.65. The number of nitrogens with zero attached hydrogens (tertiary/aromatic N) is 2. The fraction of sp³-hybridized carbons (Fsp3) is 0.143. The number of hydrogen-bond donors (Lipinski definition) is 0. The maximum absolute atomic E-state index is 4.27. The number of fused-ring (bicyclic) bond motifs is 1. The van der Waals surface area contributed by atoms with Crippen LogP contribution in [0.25, 0.3) is 20.7 Å².